The number of alkyl halides is 3. The summed E-state index contributed by atoms with van der Waals surface area (Å²) in [5, 5.41) is 9.56. The van der Waals surface area contributed by atoms with Gasteiger partial charge in [0.05, 0.1) is 18.8 Å². The molecule has 2 aliphatic heterocycles. The lowest BCUT2D eigenvalue weighted by molar-refractivity contribution is -0.143. The SMILES string of the molecule is CN(C)C(=O)CN1Cc2cc(Cl)ccc2-n2c(nnc2C2CCN(c3ccc(F)c(C(F)(F)F)n3)CC2)C1. The van der Waals surface area contributed by atoms with Crippen molar-refractivity contribution in [1.82, 2.24) is 29.5 Å². The third kappa shape index (κ3) is 5.19. The van der Waals surface area contributed by atoms with Gasteiger partial charge in [0, 0.05) is 44.7 Å². The Bertz CT molecular complexity index is 1350. The van der Waals surface area contributed by atoms with Gasteiger partial charge < -0.3 is 9.80 Å². The first-order chi connectivity index (χ1) is 18.0. The van der Waals surface area contributed by atoms with Gasteiger partial charge in [0.15, 0.2) is 17.3 Å². The molecule has 1 amide bonds. The fraction of sp³-hybridized carbons (Fsp3) is 0.440. The molecule has 2 aliphatic rings. The molecule has 5 rings (SSSR count). The Morgan fingerprint density at radius 2 is 1.84 bits per heavy atom. The molecule has 0 bridgehead atoms. The van der Waals surface area contributed by atoms with Crippen molar-refractivity contribution in [2.75, 3.05) is 38.6 Å². The van der Waals surface area contributed by atoms with Gasteiger partial charge in [0.1, 0.15) is 11.6 Å². The highest BCUT2D eigenvalue weighted by molar-refractivity contribution is 6.30. The highest BCUT2D eigenvalue weighted by Gasteiger charge is 2.37. The molecule has 0 spiro atoms. The molecule has 2 aromatic heterocycles. The van der Waals surface area contributed by atoms with E-state index in [2.05, 4.69) is 15.2 Å². The van der Waals surface area contributed by atoms with E-state index in [-0.39, 0.29) is 24.2 Å². The maximum Gasteiger partial charge on any atom is 0.436 e. The number of amides is 1. The van der Waals surface area contributed by atoms with Gasteiger partial charge >= 0.3 is 6.18 Å². The number of likely N-dealkylation sites (N-methyl/N-ethyl adjacent to an activating group) is 1. The Morgan fingerprint density at radius 3 is 2.53 bits per heavy atom. The molecule has 0 atom stereocenters. The first kappa shape index (κ1) is 26.4. The van der Waals surface area contributed by atoms with Crippen LogP contribution in [-0.2, 0) is 24.1 Å². The van der Waals surface area contributed by atoms with Gasteiger partial charge in [-0.3, -0.25) is 14.3 Å². The van der Waals surface area contributed by atoms with Crippen LogP contribution < -0.4 is 4.90 Å². The van der Waals surface area contributed by atoms with E-state index in [0.29, 0.717) is 49.9 Å². The summed E-state index contributed by atoms with van der Waals surface area (Å²) in [5.41, 5.74) is 0.325. The fourth-order valence-corrected chi connectivity index (χ4v) is 5.17. The summed E-state index contributed by atoms with van der Waals surface area (Å²) in [4.78, 5) is 21.3. The molecule has 1 fully saturated rings. The Hall–Kier alpha value is -3.25. The maximum absolute atomic E-state index is 13.7. The molecule has 13 heteroatoms. The van der Waals surface area contributed by atoms with Crippen molar-refractivity contribution in [2.45, 2.75) is 38.0 Å². The summed E-state index contributed by atoms with van der Waals surface area (Å²) in [6, 6.07) is 7.68. The molecule has 0 unspecified atom stereocenters. The van der Waals surface area contributed by atoms with Crippen molar-refractivity contribution >= 4 is 23.3 Å². The summed E-state index contributed by atoms with van der Waals surface area (Å²) in [5.74, 6) is 0.128. The number of carbonyl (C=O) groups is 1. The van der Waals surface area contributed by atoms with Crippen molar-refractivity contribution in [3.8, 4) is 5.69 Å². The molecule has 3 aromatic rings. The van der Waals surface area contributed by atoms with Crippen LogP contribution in [0.15, 0.2) is 30.3 Å². The standard InChI is InChI=1S/C25H26ClF4N7O/c1-34(2)22(38)14-35-12-16-11-17(26)3-5-19(16)37-21(13-35)32-33-24(37)15-7-9-36(10-8-15)20-6-4-18(27)23(31-20)25(28,29)30/h3-6,11,15H,7-10,12-14H2,1-2H3. The number of benzene rings is 1. The molecular formula is C25H26ClF4N7O. The van der Waals surface area contributed by atoms with E-state index in [4.69, 9.17) is 11.6 Å². The van der Waals surface area contributed by atoms with E-state index >= 15 is 0 Å². The number of piperidine rings is 1. The van der Waals surface area contributed by atoms with Crippen molar-refractivity contribution in [1.29, 1.82) is 0 Å². The second-order valence-corrected chi connectivity index (χ2v) is 10.2. The zero-order valence-corrected chi connectivity index (χ0v) is 21.6. The minimum Gasteiger partial charge on any atom is -0.357 e. The minimum atomic E-state index is -4.86. The molecule has 0 N–H and O–H groups in total. The van der Waals surface area contributed by atoms with Crippen LogP contribution in [0, 0.1) is 5.82 Å². The molecule has 8 nitrogen and oxygen atoms in total. The summed E-state index contributed by atoms with van der Waals surface area (Å²) in [7, 11) is 3.42. The van der Waals surface area contributed by atoms with Crippen LogP contribution in [0.25, 0.3) is 5.69 Å². The molecule has 38 heavy (non-hydrogen) atoms. The zero-order valence-electron chi connectivity index (χ0n) is 20.8. The predicted molar refractivity (Wildman–Crippen MR) is 133 cm³/mol. The zero-order chi connectivity index (χ0) is 27.2. The van der Waals surface area contributed by atoms with Gasteiger partial charge in [0.25, 0.3) is 0 Å². The molecular weight excluding hydrogens is 526 g/mol. The highest BCUT2D eigenvalue weighted by Crippen LogP contribution is 2.36. The Morgan fingerprint density at radius 1 is 1.11 bits per heavy atom. The van der Waals surface area contributed by atoms with Crippen LogP contribution in [0.1, 0.15) is 41.7 Å². The van der Waals surface area contributed by atoms with Gasteiger partial charge in [-0.15, -0.1) is 10.2 Å². The summed E-state index contributed by atoms with van der Waals surface area (Å²) < 4.78 is 55.2. The monoisotopic (exact) mass is 551 g/mol. The number of pyridine rings is 1. The second kappa shape index (κ2) is 10.1. The number of hydrogen-bond acceptors (Lipinski definition) is 6. The molecule has 0 aliphatic carbocycles. The number of nitrogens with zero attached hydrogens (tertiary/aromatic N) is 7. The Labute approximate surface area is 221 Å². The Balaban J connectivity index is 1.40. The maximum atomic E-state index is 13.7. The number of halogens is 5. The first-order valence-electron chi connectivity index (χ1n) is 12.2. The quantitative estimate of drug-likeness (QED) is 0.451. The van der Waals surface area contributed by atoms with Crippen LogP contribution in [0.5, 0.6) is 0 Å². The van der Waals surface area contributed by atoms with Crippen molar-refractivity contribution in [2.24, 2.45) is 0 Å². The minimum absolute atomic E-state index is 0.00600. The van der Waals surface area contributed by atoms with Gasteiger partial charge in [-0.05, 0) is 48.7 Å². The van der Waals surface area contributed by atoms with Crippen LogP contribution in [0.4, 0.5) is 23.4 Å². The third-order valence-electron chi connectivity index (χ3n) is 6.94. The topological polar surface area (TPSA) is 70.4 Å². The van der Waals surface area contributed by atoms with Gasteiger partial charge in [-0.1, -0.05) is 11.6 Å². The van der Waals surface area contributed by atoms with E-state index < -0.39 is 17.7 Å². The molecule has 0 saturated carbocycles. The molecule has 1 aromatic carbocycles. The molecule has 1 saturated heterocycles. The van der Waals surface area contributed by atoms with E-state index in [1.807, 2.05) is 21.6 Å². The number of fused-ring (bicyclic) bond motifs is 3. The number of rotatable bonds is 4. The lowest BCUT2D eigenvalue weighted by Crippen LogP contribution is -2.35. The van der Waals surface area contributed by atoms with Crippen LogP contribution in [0.2, 0.25) is 5.02 Å². The van der Waals surface area contributed by atoms with Crippen LogP contribution in [0.3, 0.4) is 0 Å². The molecule has 202 valence electrons. The Kier molecular flexibility index (Phi) is 7.03. The van der Waals surface area contributed by atoms with Gasteiger partial charge in [-0.25, -0.2) is 9.37 Å². The van der Waals surface area contributed by atoms with Crippen molar-refractivity contribution in [3.05, 3.63) is 64.1 Å². The molecule has 0 radical (unpaired) electrons. The average Bonchev–Trinajstić information content (AvgIpc) is 3.20. The average molecular weight is 552 g/mol. The van der Waals surface area contributed by atoms with E-state index in [0.717, 1.165) is 23.1 Å². The first-order valence-corrected chi connectivity index (χ1v) is 12.5. The number of carbonyl (C=O) groups excluding carboxylic acids is 1. The van der Waals surface area contributed by atoms with Crippen LogP contribution in [-0.4, -0.2) is 69.2 Å². The highest BCUT2D eigenvalue weighted by atomic mass is 35.5. The lowest BCUT2D eigenvalue weighted by atomic mass is 9.95. The number of anilines is 1. The summed E-state index contributed by atoms with van der Waals surface area (Å²) in [6.45, 7) is 2.00. The molecule has 4 heterocycles. The lowest BCUT2D eigenvalue weighted by Gasteiger charge is -2.33. The predicted octanol–water partition coefficient (Wildman–Crippen LogP) is 4.26. The van der Waals surface area contributed by atoms with Gasteiger partial charge in [0.2, 0.25) is 5.91 Å². The smallest absolute Gasteiger partial charge is 0.357 e. The van der Waals surface area contributed by atoms with Crippen molar-refractivity contribution < 1.29 is 22.4 Å². The van der Waals surface area contributed by atoms with E-state index in [1.54, 1.807) is 30.0 Å². The van der Waals surface area contributed by atoms with Gasteiger partial charge in [-0.2, -0.15) is 13.2 Å². The van der Waals surface area contributed by atoms with E-state index in [1.165, 1.54) is 6.07 Å². The third-order valence-corrected chi connectivity index (χ3v) is 7.17. The summed E-state index contributed by atoms with van der Waals surface area (Å²) in [6.07, 6.45) is -3.66. The largest absolute Gasteiger partial charge is 0.436 e. The second-order valence-electron chi connectivity index (χ2n) is 9.78. The van der Waals surface area contributed by atoms with Crippen LogP contribution >= 0.6 is 11.6 Å². The number of aromatic nitrogens is 4. The number of hydrogen-bond donors (Lipinski definition) is 0. The normalized spacial score (nSPS) is 16.7. The van der Waals surface area contributed by atoms with E-state index in [9.17, 15) is 22.4 Å². The van der Waals surface area contributed by atoms with Crippen molar-refractivity contribution in [3.63, 3.8) is 0 Å². The summed E-state index contributed by atoms with van der Waals surface area (Å²) >= 11 is 6.31. The fourth-order valence-electron chi connectivity index (χ4n) is 4.97.